The van der Waals surface area contributed by atoms with Crippen LogP contribution in [0.15, 0.2) is 12.1 Å². The van der Waals surface area contributed by atoms with Crippen LogP contribution in [-0.4, -0.2) is 46.0 Å². The molecule has 144 valence electrons. The van der Waals surface area contributed by atoms with E-state index in [0.29, 0.717) is 36.1 Å². The van der Waals surface area contributed by atoms with Crippen molar-refractivity contribution in [3.05, 3.63) is 23.5 Å². The van der Waals surface area contributed by atoms with Gasteiger partial charge in [-0.15, -0.1) is 0 Å². The molecule has 27 heavy (non-hydrogen) atoms. The SMILES string of the molecule is C[C@@H]1CC(O)(c2cc3c(cc2F)c(N2CCC(=O)NC2=O)nn3C)CCN1. The quantitative estimate of drug-likeness (QED) is 0.731. The highest BCUT2D eigenvalue weighted by atomic mass is 19.1. The van der Waals surface area contributed by atoms with Crippen LogP contribution in [-0.2, 0) is 17.4 Å². The summed E-state index contributed by atoms with van der Waals surface area (Å²) in [6, 6.07) is 2.45. The molecule has 8 nitrogen and oxygen atoms in total. The van der Waals surface area contributed by atoms with Crippen molar-refractivity contribution in [2.45, 2.75) is 37.8 Å². The first kappa shape index (κ1) is 17.9. The summed E-state index contributed by atoms with van der Waals surface area (Å²) < 4.78 is 16.6. The number of nitrogens with zero attached hydrogens (tertiary/aromatic N) is 3. The van der Waals surface area contributed by atoms with Crippen LogP contribution in [0.25, 0.3) is 10.9 Å². The number of amides is 3. The number of nitrogens with one attached hydrogen (secondary N) is 2. The van der Waals surface area contributed by atoms with E-state index < -0.39 is 17.4 Å². The highest BCUT2D eigenvalue weighted by Gasteiger charge is 2.37. The number of imide groups is 1. The molecule has 0 bridgehead atoms. The van der Waals surface area contributed by atoms with Gasteiger partial charge in [-0.05, 0) is 38.4 Å². The van der Waals surface area contributed by atoms with Crippen LogP contribution in [0.5, 0.6) is 0 Å². The van der Waals surface area contributed by atoms with Gasteiger partial charge in [-0.2, -0.15) is 5.10 Å². The van der Waals surface area contributed by atoms with Crippen molar-refractivity contribution in [1.29, 1.82) is 0 Å². The largest absolute Gasteiger partial charge is 0.385 e. The van der Waals surface area contributed by atoms with Gasteiger partial charge in [-0.1, -0.05) is 0 Å². The van der Waals surface area contributed by atoms with Crippen molar-refractivity contribution < 1.29 is 19.1 Å². The average molecular weight is 375 g/mol. The lowest BCUT2D eigenvalue weighted by atomic mass is 9.81. The summed E-state index contributed by atoms with van der Waals surface area (Å²) >= 11 is 0. The molecule has 1 aromatic heterocycles. The smallest absolute Gasteiger partial charge is 0.329 e. The Kier molecular flexibility index (Phi) is 4.15. The van der Waals surface area contributed by atoms with Crippen molar-refractivity contribution in [1.82, 2.24) is 20.4 Å². The third-order valence-corrected chi connectivity index (χ3v) is 5.41. The Bertz CT molecular complexity index is 943. The predicted molar refractivity (Wildman–Crippen MR) is 96.8 cm³/mol. The number of aryl methyl sites for hydroxylation is 1. The van der Waals surface area contributed by atoms with E-state index in [2.05, 4.69) is 15.7 Å². The van der Waals surface area contributed by atoms with Crippen molar-refractivity contribution in [2.24, 2.45) is 7.05 Å². The Morgan fingerprint density at radius 2 is 2.15 bits per heavy atom. The highest BCUT2D eigenvalue weighted by Crippen LogP contribution is 2.38. The van der Waals surface area contributed by atoms with Crippen LogP contribution in [0.4, 0.5) is 15.0 Å². The molecule has 0 radical (unpaired) electrons. The predicted octanol–water partition coefficient (Wildman–Crippen LogP) is 1.12. The van der Waals surface area contributed by atoms with Crippen LogP contribution < -0.4 is 15.5 Å². The normalized spacial score (nSPS) is 26.5. The van der Waals surface area contributed by atoms with E-state index in [1.807, 2.05) is 6.92 Å². The molecule has 2 aliphatic rings. The molecule has 9 heteroatoms. The molecule has 2 aromatic rings. The summed E-state index contributed by atoms with van der Waals surface area (Å²) in [6.07, 6.45) is 0.993. The third kappa shape index (κ3) is 2.96. The Morgan fingerprint density at radius 1 is 1.37 bits per heavy atom. The molecule has 2 saturated heterocycles. The fourth-order valence-corrected chi connectivity index (χ4v) is 4.03. The maximum atomic E-state index is 15.0. The minimum atomic E-state index is -1.25. The van der Waals surface area contributed by atoms with Gasteiger partial charge in [-0.3, -0.25) is 19.7 Å². The van der Waals surface area contributed by atoms with Crippen molar-refractivity contribution in [3.8, 4) is 0 Å². The molecule has 1 unspecified atom stereocenters. The number of aliphatic hydroxyl groups is 1. The molecule has 3 amide bonds. The fourth-order valence-electron chi connectivity index (χ4n) is 4.03. The zero-order valence-electron chi connectivity index (χ0n) is 15.3. The number of carbonyl (C=O) groups is 2. The molecule has 2 fully saturated rings. The summed E-state index contributed by atoms with van der Waals surface area (Å²) in [5.41, 5.74) is -0.385. The minimum Gasteiger partial charge on any atom is -0.385 e. The van der Waals surface area contributed by atoms with Gasteiger partial charge in [0.05, 0.1) is 11.1 Å². The van der Waals surface area contributed by atoms with Crippen molar-refractivity contribution >= 4 is 28.7 Å². The monoisotopic (exact) mass is 375 g/mol. The minimum absolute atomic E-state index is 0.0792. The van der Waals surface area contributed by atoms with Gasteiger partial charge in [0.15, 0.2) is 5.82 Å². The molecular formula is C18H22FN5O3. The van der Waals surface area contributed by atoms with E-state index in [-0.39, 0.29) is 30.5 Å². The third-order valence-electron chi connectivity index (χ3n) is 5.41. The molecule has 0 saturated carbocycles. The van der Waals surface area contributed by atoms with Crippen molar-refractivity contribution in [3.63, 3.8) is 0 Å². The standard InChI is InChI=1S/C18H22FN5O3/c1-10-9-18(27,4-5-20-10)12-8-14-11(7-13(12)19)16(22-23(14)2)24-6-3-15(25)21-17(24)26/h7-8,10,20,27H,3-6,9H2,1-2H3,(H,21,25,26)/t10-,18?/m1/s1. The molecule has 0 aliphatic carbocycles. The fraction of sp³-hybridized carbons (Fsp3) is 0.500. The van der Waals surface area contributed by atoms with Crippen LogP contribution in [0.1, 0.15) is 31.7 Å². The number of fused-ring (bicyclic) bond motifs is 1. The summed E-state index contributed by atoms with van der Waals surface area (Å²) in [5, 5.41) is 21.4. The maximum absolute atomic E-state index is 15.0. The number of rotatable bonds is 2. The Hall–Kier alpha value is -2.52. The van der Waals surface area contributed by atoms with E-state index >= 15 is 4.39 Å². The van der Waals surface area contributed by atoms with E-state index in [1.54, 1.807) is 17.8 Å². The Labute approximate surface area is 155 Å². The number of hydrogen-bond donors (Lipinski definition) is 3. The zero-order chi connectivity index (χ0) is 19.3. The van der Waals surface area contributed by atoms with E-state index in [4.69, 9.17) is 0 Å². The van der Waals surface area contributed by atoms with Gasteiger partial charge in [0.2, 0.25) is 5.91 Å². The number of aromatic nitrogens is 2. The number of urea groups is 1. The second-order valence-corrected chi connectivity index (χ2v) is 7.39. The Balaban J connectivity index is 1.79. The van der Waals surface area contributed by atoms with Gasteiger partial charge < -0.3 is 10.4 Å². The number of hydrogen-bond acceptors (Lipinski definition) is 5. The summed E-state index contributed by atoms with van der Waals surface area (Å²) in [6.45, 7) is 2.75. The summed E-state index contributed by atoms with van der Waals surface area (Å²) in [7, 11) is 1.70. The average Bonchev–Trinajstić information content (AvgIpc) is 2.89. The second kappa shape index (κ2) is 6.28. The van der Waals surface area contributed by atoms with Gasteiger partial charge >= 0.3 is 6.03 Å². The second-order valence-electron chi connectivity index (χ2n) is 7.39. The van der Waals surface area contributed by atoms with Crippen LogP contribution >= 0.6 is 0 Å². The number of carbonyl (C=O) groups excluding carboxylic acids is 2. The molecule has 4 rings (SSSR count). The van der Waals surface area contributed by atoms with Crippen LogP contribution in [0.3, 0.4) is 0 Å². The van der Waals surface area contributed by atoms with Crippen LogP contribution in [0.2, 0.25) is 0 Å². The molecule has 3 heterocycles. The number of halogens is 1. The number of anilines is 1. The van der Waals surface area contributed by atoms with Crippen molar-refractivity contribution in [2.75, 3.05) is 18.0 Å². The zero-order valence-corrected chi connectivity index (χ0v) is 15.3. The summed E-state index contributed by atoms with van der Waals surface area (Å²) in [5.74, 6) is -0.567. The first-order valence-electron chi connectivity index (χ1n) is 9.02. The van der Waals surface area contributed by atoms with Gasteiger partial charge in [0.1, 0.15) is 5.82 Å². The molecule has 3 N–H and O–H groups in total. The Morgan fingerprint density at radius 3 is 2.85 bits per heavy atom. The van der Waals surface area contributed by atoms with E-state index in [0.717, 1.165) is 0 Å². The maximum Gasteiger partial charge on any atom is 0.329 e. The number of benzene rings is 1. The summed E-state index contributed by atoms with van der Waals surface area (Å²) in [4.78, 5) is 24.9. The molecular weight excluding hydrogens is 353 g/mol. The lowest BCUT2D eigenvalue weighted by Crippen LogP contribution is -2.49. The molecule has 2 atom stereocenters. The lowest BCUT2D eigenvalue weighted by Gasteiger charge is -2.36. The first-order valence-corrected chi connectivity index (χ1v) is 9.02. The first-order chi connectivity index (χ1) is 12.8. The van der Waals surface area contributed by atoms with E-state index in [1.165, 1.54) is 11.0 Å². The van der Waals surface area contributed by atoms with Gasteiger partial charge in [0.25, 0.3) is 0 Å². The molecule has 0 spiro atoms. The van der Waals surface area contributed by atoms with Gasteiger partial charge in [-0.25, -0.2) is 9.18 Å². The van der Waals surface area contributed by atoms with Gasteiger partial charge in [0, 0.05) is 37.0 Å². The number of piperidine rings is 1. The topological polar surface area (TPSA) is 99.5 Å². The van der Waals surface area contributed by atoms with E-state index in [9.17, 15) is 14.7 Å². The highest BCUT2D eigenvalue weighted by molar-refractivity contribution is 6.08. The molecule has 2 aliphatic heterocycles. The van der Waals surface area contributed by atoms with Crippen LogP contribution in [0, 0.1) is 5.82 Å². The lowest BCUT2D eigenvalue weighted by molar-refractivity contribution is -0.120. The molecule has 1 aromatic carbocycles.